The van der Waals surface area contributed by atoms with Crippen LogP contribution in [0.15, 0.2) is 18.2 Å². The van der Waals surface area contributed by atoms with Crippen molar-refractivity contribution < 1.29 is 28.2 Å². The Morgan fingerprint density at radius 3 is 2.68 bits per heavy atom. The number of nitrogens with one attached hydrogen (secondary N) is 1. The van der Waals surface area contributed by atoms with Gasteiger partial charge in [-0.25, -0.2) is 17.9 Å². The summed E-state index contributed by atoms with van der Waals surface area (Å²) in [6.45, 7) is -0.705. The normalized spacial score (nSPS) is 24.8. The van der Waals surface area contributed by atoms with Crippen LogP contribution in [0.1, 0.15) is 11.7 Å². The van der Waals surface area contributed by atoms with Gasteiger partial charge in [0.2, 0.25) is 10.0 Å². The van der Waals surface area contributed by atoms with E-state index in [9.17, 15) is 23.4 Å². The number of carboxylic acid groups (broad SMARTS) is 1. The molecule has 11 heteroatoms. The van der Waals surface area contributed by atoms with Gasteiger partial charge in [-0.1, -0.05) is 29.3 Å². The van der Waals surface area contributed by atoms with Crippen molar-refractivity contribution >= 4 is 39.3 Å². The zero-order valence-corrected chi connectivity index (χ0v) is 15.6. The van der Waals surface area contributed by atoms with Crippen LogP contribution in [-0.4, -0.2) is 67.7 Å². The molecule has 25 heavy (non-hydrogen) atoms. The van der Waals surface area contributed by atoms with Crippen LogP contribution in [0.3, 0.4) is 0 Å². The summed E-state index contributed by atoms with van der Waals surface area (Å²) in [7, 11) is -3.61. The van der Waals surface area contributed by atoms with Crippen molar-refractivity contribution in [3.05, 3.63) is 33.8 Å². The molecule has 1 heterocycles. The van der Waals surface area contributed by atoms with Gasteiger partial charge < -0.3 is 19.8 Å². The van der Waals surface area contributed by atoms with Crippen molar-refractivity contribution in [2.24, 2.45) is 0 Å². The van der Waals surface area contributed by atoms with Crippen LogP contribution >= 0.6 is 23.2 Å². The number of hydrogen-bond donors (Lipinski definition) is 3. The van der Waals surface area contributed by atoms with Gasteiger partial charge in [0, 0.05) is 13.1 Å². The molecule has 1 fully saturated rings. The fraction of sp³-hybridized carbons (Fsp3) is 0.500. The monoisotopic (exact) mass is 412 g/mol. The number of nitrogens with zero attached hydrogens (tertiary/aromatic N) is 1. The Morgan fingerprint density at radius 1 is 1.44 bits per heavy atom. The summed E-state index contributed by atoms with van der Waals surface area (Å²) in [5.41, 5.74) is -1.38. The molecule has 1 saturated heterocycles. The first kappa shape index (κ1) is 20.2. The first-order valence-electron chi connectivity index (χ1n) is 7.23. The van der Waals surface area contributed by atoms with Gasteiger partial charge in [0.05, 0.1) is 29.5 Å². The summed E-state index contributed by atoms with van der Waals surface area (Å²) in [4.78, 5) is 12.3. The molecule has 0 aromatic heterocycles. The first-order chi connectivity index (χ1) is 11.5. The third-order valence-corrected chi connectivity index (χ3v) is 5.16. The maximum Gasteiger partial charge on any atom is 0.407 e. The van der Waals surface area contributed by atoms with E-state index in [-0.39, 0.29) is 24.7 Å². The molecule has 1 aliphatic rings. The third-order valence-electron chi connectivity index (χ3n) is 3.76. The van der Waals surface area contributed by atoms with Crippen molar-refractivity contribution in [2.75, 3.05) is 32.5 Å². The van der Waals surface area contributed by atoms with E-state index in [2.05, 4.69) is 4.72 Å². The maximum atomic E-state index is 11.4. The molecule has 140 valence electrons. The fourth-order valence-electron chi connectivity index (χ4n) is 2.58. The average Bonchev–Trinajstić information content (AvgIpc) is 2.67. The zero-order valence-electron chi connectivity index (χ0n) is 13.3. The number of rotatable bonds is 4. The highest BCUT2D eigenvalue weighted by Gasteiger charge is 2.44. The summed E-state index contributed by atoms with van der Waals surface area (Å²) in [6, 6.07) is 4.60. The van der Waals surface area contributed by atoms with Crippen molar-refractivity contribution in [1.82, 2.24) is 9.62 Å². The number of ether oxygens (including phenoxy) is 1. The Kier molecular flexibility index (Phi) is 6.18. The highest BCUT2D eigenvalue weighted by atomic mass is 35.5. The number of hydrogen-bond acceptors (Lipinski definition) is 5. The number of amides is 1. The second kappa shape index (κ2) is 7.65. The lowest BCUT2D eigenvalue weighted by molar-refractivity contribution is -0.0947. The quantitative estimate of drug-likeness (QED) is 0.686. The van der Waals surface area contributed by atoms with Crippen LogP contribution in [-0.2, 0) is 14.8 Å². The van der Waals surface area contributed by atoms with Gasteiger partial charge in [-0.2, -0.15) is 0 Å². The summed E-state index contributed by atoms with van der Waals surface area (Å²) in [5.74, 6) is 0. The minimum Gasteiger partial charge on any atom is -0.465 e. The van der Waals surface area contributed by atoms with Crippen LogP contribution in [0.4, 0.5) is 4.79 Å². The maximum absolute atomic E-state index is 11.4. The van der Waals surface area contributed by atoms with Crippen molar-refractivity contribution in [3.63, 3.8) is 0 Å². The summed E-state index contributed by atoms with van der Waals surface area (Å²) in [5, 5.41) is 20.9. The number of benzene rings is 1. The van der Waals surface area contributed by atoms with E-state index < -0.39 is 34.4 Å². The molecule has 1 aliphatic heterocycles. The van der Waals surface area contributed by atoms with Crippen molar-refractivity contribution in [1.29, 1.82) is 0 Å². The van der Waals surface area contributed by atoms with Gasteiger partial charge >= 0.3 is 6.09 Å². The summed E-state index contributed by atoms with van der Waals surface area (Å²) >= 11 is 11.9. The second-order valence-corrected chi connectivity index (χ2v) is 8.47. The predicted molar refractivity (Wildman–Crippen MR) is 92.5 cm³/mol. The molecule has 1 aromatic carbocycles. The lowest BCUT2D eigenvalue weighted by Gasteiger charge is -2.36. The van der Waals surface area contributed by atoms with E-state index in [0.717, 1.165) is 11.2 Å². The second-order valence-electron chi connectivity index (χ2n) is 5.83. The standard InChI is InChI=1S/C14H18Cl2N2O6S/c1-25(22,23)17-7-14(21)8-18(13(19)20)4-5-24-12(14)9-2-3-10(15)11(16)6-9/h2-3,6,12,17,21H,4-5,7-8H2,1H3,(H,19,20). The van der Waals surface area contributed by atoms with Crippen LogP contribution < -0.4 is 4.72 Å². The number of β-amino-alcohol motifs (C(OH)–C–C–N with tert-alkyl or cyclic N) is 1. The number of carbonyl (C=O) groups is 1. The van der Waals surface area contributed by atoms with E-state index in [1.54, 1.807) is 6.07 Å². The Hall–Kier alpha value is -1.10. The molecule has 0 spiro atoms. The molecule has 2 atom stereocenters. The molecular formula is C14H18Cl2N2O6S. The van der Waals surface area contributed by atoms with Crippen LogP contribution in [0.2, 0.25) is 10.0 Å². The Labute approximate surface area is 155 Å². The van der Waals surface area contributed by atoms with E-state index in [1.807, 2.05) is 0 Å². The lowest BCUT2D eigenvalue weighted by atomic mass is 9.90. The fourth-order valence-corrected chi connectivity index (χ4v) is 3.40. The minimum atomic E-state index is -3.61. The van der Waals surface area contributed by atoms with Crippen LogP contribution in [0.25, 0.3) is 0 Å². The van der Waals surface area contributed by atoms with E-state index >= 15 is 0 Å². The van der Waals surface area contributed by atoms with E-state index in [4.69, 9.17) is 27.9 Å². The Balaban J connectivity index is 2.41. The molecule has 8 nitrogen and oxygen atoms in total. The average molecular weight is 413 g/mol. The molecule has 2 rings (SSSR count). The SMILES string of the molecule is CS(=O)(=O)NCC1(O)CN(C(=O)O)CCOC1c1ccc(Cl)c(Cl)c1. The van der Waals surface area contributed by atoms with Crippen molar-refractivity contribution in [2.45, 2.75) is 11.7 Å². The number of sulfonamides is 1. The Bertz CT molecular complexity index is 760. The van der Waals surface area contributed by atoms with Gasteiger partial charge in [-0.3, -0.25) is 0 Å². The molecule has 1 aromatic rings. The third kappa shape index (κ3) is 5.19. The smallest absolute Gasteiger partial charge is 0.407 e. The number of aliphatic hydroxyl groups is 1. The molecule has 0 bridgehead atoms. The molecule has 0 radical (unpaired) electrons. The van der Waals surface area contributed by atoms with Gasteiger partial charge in [0.25, 0.3) is 0 Å². The molecular weight excluding hydrogens is 395 g/mol. The largest absolute Gasteiger partial charge is 0.465 e. The van der Waals surface area contributed by atoms with Gasteiger partial charge in [-0.05, 0) is 17.7 Å². The van der Waals surface area contributed by atoms with Crippen molar-refractivity contribution in [3.8, 4) is 0 Å². The van der Waals surface area contributed by atoms with Crippen LogP contribution in [0.5, 0.6) is 0 Å². The predicted octanol–water partition coefficient (Wildman–Crippen LogP) is 1.33. The molecule has 0 aliphatic carbocycles. The zero-order chi connectivity index (χ0) is 18.8. The molecule has 1 amide bonds. The first-order valence-corrected chi connectivity index (χ1v) is 9.88. The Morgan fingerprint density at radius 2 is 2.12 bits per heavy atom. The van der Waals surface area contributed by atoms with Gasteiger partial charge in [0.1, 0.15) is 11.7 Å². The van der Waals surface area contributed by atoms with Crippen LogP contribution in [0, 0.1) is 0 Å². The van der Waals surface area contributed by atoms with E-state index in [1.165, 1.54) is 12.1 Å². The summed E-state index contributed by atoms with van der Waals surface area (Å²) in [6.07, 6.45) is -1.30. The highest BCUT2D eigenvalue weighted by Crippen LogP contribution is 2.35. The van der Waals surface area contributed by atoms with Gasteiger partial charge in [0.15, 0.2) is 0 Å². The number of halogens is 2. The molecule has 3 N–H and O–H groups in total. The highest BCUT2D eigenvalue weighted by molar-refractivity contribution is 7.88. The topological polar surface area (TPSA) is 116 Å². The minimum absolute atomic E-state index is 0.0262. The molecule has 2 unspecified atom stereocenters. The van der Waals surface area contributed by atoms with Gasteiger partial charge in [-0.15, -0.1) is 0 Å². The lowest BCUT2D eigenvalue weighted by Crippen LogP contribution is -2.54. The summed E-state index contributed by atoms with van der Waals surface area (Å²) < 4.78 is 30.7. The molecule has 0 saturated carbocycles. The van der Waals surface area contributed by atoms with E-state index in [0.29, 0.717) is 10.6 Å².